The van der Waals surface area contributed by atoms with Crippen molar-refractivity contribution in [3.63, 3.8) is 0 Å². The molecule has 176 valence electrons. The van der Waals surface area contributed by atoms with Crippen LogP contribution in [-0.4, -0.2) is 87.6 Å². The predicted octanol–water partition coefficient (Wildman–Crippen LogP) is -2.70. The number of carbonyl (C=O) groups is 1. The molecule has 0 bridgehead atoms. The molecule has 0 saturated carbocycles. The van der Waals surface area contributed by atoms with Gasteiger partial charge >= 0.3 is 12.3 Å². The molecule has 2 saturated heterocycles. The Morgan fingerprint density at radius 1 is 1.31 bits per heavy atom. The number of nitrogens with zero attached hydrogens (tertiary/aromatic N) is 2. The molecule has 0 radical (unpaired) electrons. The molecule has 0 aliphatic carbocycles. The summed E-state index contributed by atoms with van der Waals surface area (Å²) in [5.74, 6) is -4.45. The second-order valence-corrected chi connectivity index (χ2v) is 7.57. The molecule has 3 aliphatic rings. The van der Waals surface area contributed by atoms with Crippen LogP contribution in [0.15, 0.2) is 29.3 Å². The van der Waals surface area contributed by atoms with Crippen LogP contribution in [0.3, 0.4) is 0 Å². The van der Waals surface area contributed by atoms with Crippen molar-refractivity contribution in [2.75, 3.05) is 13.2 Å². The number of guanidine groups is 1. The molecule has 15 heteroatoms. The largest absolute Gasteiger partial charge is 0.573 e. The molecule has 0 aromatic heterocycles. The normalized spacial score (nSPS) is 33.3. The molecule has 5 atom stereocenters. The first-order chi connectivity index (χ1) is 14.9. The van der Waals surface area contributed by atoms with Gasteiger partial charge in [-0.3, -0.25) is 10.6 Å². The first-order valence-electron chi connectivity index (χ1n) is 9.41. The van der Waals surface area contributed by atoms with Gasteiger partial charge in [0, 0.05) is 0 Å². The van der Waals surface area contributed by atoms with Crippen LogP contribution in [-0.2, 0) is 4.74 Å². The van der Waals surface area contributed by atoms with Crippen molar-refractivity contribution in [1.29, 1.82) is 0 Å². The zero-order valence-electron chi connectivity index (χ0n) is 16.3. The minimum absolute atomic E-state index is 0.136. The molecule has 0 unspecified atom stereocenters. The Bertz CT molecular complexity index is 928. The number of nitrogens with one attached hydrogen (secondary N) is 2. The molecular weight excluding hydrogens is 441 g/mol. The highest BCUT2D eigenvalue weighted by Crippen LogP contribution is 2.44. The summed E-state index contributed by atoms with van der Waals surface area (Å²) in [5.41, 5.74) is 9.91. The van der Waals surface area contributed by atoms with E-state index in [1.807, 2.05) is 0 Å². The van der Waals surface area contributed by atoms with Crippen LogP contribution in [0, 0.1) is 0 Å². The molecule has 1 aromatic rings. The lowest BCUT2D eigenvalue weighted by atomic mass is 9.86. The van der Waals surface area contributed by atoms with Crippen LogP contribution in [0.2, 0.25) is 0 Å². The second-order valence-electron chi connectivity index (χ2n) is 7.57. The second kappa shape index (κ2) is 7.43. The lowest BCUT2D eigenvalue weighted by Crippen LogP contribution is -2.77. The van der Waals surface area contributed by atoms with Crippen LogP contribution in [0.4, 0.5) is 13.2 Å². The Balaban J connectivity index is 1.57. The zero-order valence-corrected chi connectivity index (χ0v) is 16.3. The Morgan fingerprint density at radius 2 is 1.97 bits per heavy atom. The first kappa shape index (κ1) is 22.5. The summed E-state index contributed by atoms with van der Waals surface area (Å²) in [6, 6.07) is 2.12. The smallest absolute Gasteiger partial charge is 0.451 e. The topological polar surface area (TPSA) is 188 Å². The van der Waals surface area contributed by atoms with Crippen molar-refractivity contribution in [3.05, 3.63) is 29.8 Å². The fourth-order valence-electron chi connectivity index (χ4n) is 4.38. The van der Waals surface area contributed by atoms with E-state index < -0.39 is 60.6 Å². The molecule has 4 rings (SSSR count). The average molecular weight is 462 g/mol. The van der Waals surface area contributed by atoms with Crippen molar-refractivity contribution in [1.82, 2.24) is 15.5 Å². The molecule has 1 spiro atoms. The quantitative estimate of drug-likeness (QED) is 0.182. The number of ether oxygens (including phenoxy) is 2. The predicted molar refractivity (Wildman–Crippen MR) is 99.5 cm³/mol. The van der Waals surface area contributed by atoms with E-state index in [0.29, 0.717) is 0 Å². The maximum absolute atomic E-state index is 12.6. The monoisotopic (exact) mass is 462 g/mol. The molecule has 9 N–H and O–H groups in total. The SMILES string of the molecule is NC1=N[C@@H](CO)[C@@H]2N[C@H](N)N[C@]23N1C[C@H](OC(=O)c1ccc(OC(F)(F)F)cc1)C3(O)O. The standard InChI is InChI=1S/C17H21F3N6O6/c18-17(19,20)32-8-3-1-7(2-4-8)12(28)31-10-5-26-14(22)23-9(6-27)11-15(26,16(10,29)30)25-13(21)24-11/h1-4,9-11,13,24-25,27,29-30H,5-6,21H2,(H2,22,23)/t9-,10-,11-,13-,15-/m0/s1. The minimum Gasteiger partial charge on any atom is -0.451 e. The summed E-state index contributed by atoms with van der Waals surface area (Å²) in [7, 11) is 0. The van der Waals surface area contributed by atoms with E-state index in [1.165, 1.54) is 4.90 Å². The van der Waals surface area contributed by atoms with E-state index in [-0.39, 0.29) is 18.1 Å². The number of aliphatic imine (C=N–C) groups is 1. The Hall–Kier alpha value is -2.69. The summed E-state index contributed by atoms with van der Waals surface area (Å²) in [4.78, 5) is 18.0. The van der Waals surface area contributed by atoms with E-state index in [1.54, 1.807) is 0 Å². The van der Waals surface area contributed by atoms with E-state index in [2.05, 4.69) is 20.4 Å². The number of carbonyl (C=O) groups excluding carboxylic acids is 1. The van der Waals surface area contributed by atoms with Crippen LogP contribution in [0.25, 0.3) is 0 Å². The van der Waals surface area contributed by atoms with Gasteiger partial charge in [0.2, 0.25) is 5.79 Å². The summed E-state index contributed by atoms with van der Waals surface area (Å²) >= 11 is 0. The van der Waals surface area contributed by atoms with E-state index in [4.69, 9.17) is 16.2 Å². The van der Waals surface area contributed by atoms with Crippen molar-refractivity contribution in [2.24, 2.45) is 16.5 Å². The molecule has 1 aromatic carbocycles. The number of aliphatic hydroxyl groups excluding tert-OH is 1. The number of alkyl halides is 3. The molecule has 3 aliphatic heterocycles. The molecule has 12 nitrogen and oxygen atoms in total. The summed E-state index contributed by atoms with van der Waals surface area (Å²) in [5, 5.41) is 37.5. The lowest BCUT2D eigenvalue weighted by molar-refractivity contribution is -0.274. The highest BCUT2D eigenvalue weighted by Gasteiger charge is 2.74. The third-order valence-electron chi connectivity index (χ3n) is 5.69. The van der Waals surface area contributed by atoms with Crippen LogP contribution in [0.5, 0.6) is 5.75 Å². The van der Waals surface area contributed by atoms with Crippen LogP contribution in [0.1, 0.15) is 10.4 Å². The zero-order chi connectivity index (χ0) is 23.5. The highest BCUT2D eigenvalue weighted by atomic mass is 19.4. The van der Waals surface area contributed by atoms with Gasteiger partial charge in [0.15, 0.2) is 17.7 Å². The van der Waals surface area contributed by atoms with Gasteiger partial charge in [-0.05, 0) is 24.3 Å². The van der Waals surface area contributed by atoms with Gasteiger partial charge in [0.05, 0.1) is 30.8 Å². The number of benzene rings is 1. The highest BCUT2D eigenvalue weighted by molar-refractivity contribution is 5.90. The van der Waals surface area contributed by atoms with Gasteiger partial charge < -0.3 is 41.2 Å². The van der Waals surface area contributed by atoms with Gasteiger partial charge in [-0.2, -0.15) is 0 Å². The fourth-order valence-corrected chi connectivity index (χ4v) is 4.38. The van der Waals surface area contributed by atoms with Crippen LogP contribution >= 0.6 is 0 Å². The molecule has 3 heterocycles. The van der Waals surface area contributed by atoms with Crippen molar-refractivity contribution in [2.45, 2.75) is 42.3 Å². The molecule has 2 fully saturated rings. The Morgan fingerprint density at radius 3 is 2.56 bits per heavy atom. The number of rotatable bonds is 4. The van der Waals surface area contributed by atoms with Crippen molar-refractivity contribution < 1.29 is 42.8 Å². The molecule has 0 amide bonds. The average Bonchev–Trinajstić information content (AvgIpc) is 3.16. The number of esters is 1. The lowest BCUT2D eigenvalue weighted by Gasteiger charge is -2.48. The Labute approximate surface area is 178 Å². The number of hydrogen-bond acceptors (Lipinski definition) is 12. The van der Waals surface area contributed by atoms with Gasteiger partial charge in [-0.25, -0.2) is 9.79 Å². The summed E-state index contributed by atoms with van der Waals surface area (Å²) in [6.07, 6.45) is -7.38. The van der Waals surface area contributed by atoms with Gasteiger partial charge in [0.1, 0.15) is 12.0 Å². The van der Waals surface area contributed by atoms with E-state index >= 15 is 0 Å². The summed E-state index contributed by atoms with van der Waals surface area (Å²) < 4.78 is 45.9. The Kier molecular flexibility index (Phi) is 5.22. The fraction of sp³-hybridized carbons (Fsp3) is 0.529. The maximum atomic E-state index is 12.6. The number of nitrogens with two attached hydrogens (primary N) is 2. The van der Waals surface area contributed by atoms with Gasteiger partial charge in [0.25, 0.3) is 0 Å². The third kappa shape index (κ3) is 3.42. The number of halogens is 3. The van der Waals surface area contributed by atoms with Crippen molar-refractivity contribution >= 4 is 11.9 Å². The van der Waals surface area contributed by atoms with Gasteiger partial charge in [-0.15, -0.1) is 13.2 Å². The van der Waals surface area contributed by atoms with E-state index in [9.17, 15) is 33.3 Å². The minimum atomic E-state index is -4.89. The number of hydrogen-bond donors (Lipinski definition) is 7. The summed E-state index contributed by atoms with van der Waals surface area (Å²) in [6.45, 7) is -0.769. The van der Waals surface area contributed by atoms with E-state index in [0.717, 1.165) is 24.3 Å². The first-order valence-corrected chi connectivity index (χ1v) is 9.41. The van der Waals surface area contributed by atoms with Crippen molar-refractivity contribution in [3.8, 4) is 5.75 Å². The van der Waals surface area contributed by atoms with Gasteiger partial charge in [-0.1, -0.05) is 0 Å². The number of aliphatic hydroxyl groups is 3. The molecule has 32 heavy (non-hydrogen) atoms. The third-order valence-corrected chi connectivity index (χ3v) is 5.69. The van der Waals surface area contributed by atoms with Crippen LogP contribution < -0.4 is 26.8 Å². The molecular formula is C17H21F3N6O6. The maximum Gasteiger partial charge on any atom is 0.573 e.